The number of hydrogen-bond acceptors (Lipinski definition) is 3. The van der Waals surface area contributed by atoms with Gasteiger partial charge in [0.1, 0.15) is 0 Å². The van der Waals surface area contributed by atoms with Crippen LogP contribution in [0.4, 0.5) is 0 Å². The summed E-state index contributed by atoms with van der Waals surface area (Å²) in [6.07, 6.45) is 1.66. The summed E-state index contributed by atoms with van der Waals surface area (Å²) in [4.78, 5) is 0. The Morgan fingerprint density at radius 3 is 2.39 bits per heavy atom. The number of methoxy groups -OCH3 is 1. The number of rotatable bonds is 7. The Morgan fingerprint density at radius 1 is 1.13 bits per heavy atom. The number of nitrogens with zero attached hydrogens (tertiary/aromatic N) is 2. The number of hydrogen-bond donors (Lipinski definition) is 0. The molecule has 0 spiro atoms. The highest BCUT2D eigenvalue weighted by atomic mass is 32.2. The second kappa shape index (κ2) is 8.24. The van der Waals surface area contributed by atoms with E-state index in [0.717, 1.165) is 18.4 Å². The second-order valence-electron chi connectivity index (χ2n) is 6.53. The van der Waals surface area contributed by atoms with Crippen LogP contribution in [0.1, 0.15) is 32.3 Å². The lowest BCUT2D eigenvalue weighted by Crippen LogP contribution is -2.51. The van der Waals surface area contributed by atoms with Gasteiger partial charge < -0.3 is 4.74 Å². The van der Waals surface area contributed by atoms with Gasteiger partial charge in [0.15, 0.2) is 0 Å². The van der Waals surface area contributed by atoms with Gasteiger partial charge in [-0.25, -0.2) is 0 Å². The largest absolute Gasteiger partial charge is 0.380 e. The minimum Gasteiger partial charge on any atom is -0.380 e. The Kier molecular flexibility index (Phi) is 6.59. The fraction of sp³-hybridized carbons (Fsp3) is 0.647. The van der Waals surface area contributed by atoms with Crippen LogP contribution in [0, 0.1) is 5.92 Å². The fourth-order valence-corrected chi connectivity index (χ4v) is 4.66. The van der Waals surface area contributed by atoms with Crippen molar-refractivity contribution in [1.29, 1.82) is 0 Å². The van der Waals surface area contributed by atoms with E-state index in [1.54, 1.807) is 15.7 Å². The molecule has 1 aromatic carbocycles. The molecule has 1 aliphatic rings. The lowest BCUT2D eigenvalue weighted by molar-refractivity contribution is 0.0640. The van der Waals surface area contributed by atoms with Crippen LogP contribution in [0.3, 0.4) is 0 Å². The van der Waals surface area contributed by atoms with Crippen LogP contribution in [0.5, 0.6) is 0 Å². The van der Waals surface area contributed by atoms with Gasteiger partial charge in [0.25, 0.3) is 10.2 Å². The highest BCUT2D eigenvalue weighted by Crippen LogP contribution is 2.21. The summed E-state index contributed by atoms with van der Waals surface area (Å²) in [5, 5.41) is 0. The molecule has 1 aliphatic heterocycles. The molecular formula is C17H28N2O3S. The van der Waals surface area contributed by atoms with Crippen LogP contribution < -0.4 is 0 Å². The van der Waals surface area contributed by atoms with Crippen molar-refractivity contribution in [2.75, 3.05) is 26.7 Å². The van der Waals surface area contributed by atoms with Gasteiger partial charge in [-0.05, 0) is 24.3 Å². The van der Waals surface area contributed by atoms with E-state index in [-0.39, 0.29) is 6.10 Å². The highest BCUT2D eigenvalue weighted by molar-refractivity contribution is 7.86. The van der Waals surface area contributed by atoms with Crippen molar-refractivity contribution in [2.24, 2.45) is 5.92 Å². The van der Waals surface area contributed by atoms with E-state index in [1.165, 1.54) is 0 Å². The Labute approximate surface area is 140 Å². The third-order valence-electron chi connectivity index (χ3n) is 4.14. The van der Waals surface area contributed by atoms with E-state index in [4.69, 9.17) is 4.74 Å². The maximum atomic E-state index is 12.9. The van der Waals surface area contributed by atoms with Gasteiger partial charge in [0.2, 0.25) is 0 Å². The molecule has 0 N–H and O–H groups in total. The zero-order valence-corrected chi connectivity index (χ0v) is 15.1. The minimum absolute atomic E-state index is 0.0542. The molecule has 1 fully saturated rings. The summed E-state index contributed by atoms with van der Waals surface area (Å²) in [5.41, 5.74) is 1.02. The van der Waals surface area contributed by atoms with Crippen LogP contribution in [0.15, 0.2) is 30.3 Å². The van der Waals surface area contributed by atoms with E-state index in [2.05, 4.69) is 13.8 Å². The summed E-state index contributed by atoms with van der Waals surface area (Å²) in [5.74, 6) is 0.480. The average molecular weight is 340 g/mol. The van der Waals surface area contributed by atoms with E-state index in [0.29, 0.717) is 32.1 Å². The van der Waals surface area contributed by atoms with Crippen molar-refractivity contribution in [3.8, 4) is 0 Å². The predicted molar refractivity (Wildman–Crippen MR) is 92.2 cm³/mol. The molecule has 2 rings (SSSR count). The van der Waals surface area contributed by atoms with Crippen molar-refractivity contribution >= 4 is 10.2 Å². The molecule has 130 valence electrons. The van der Waals surface area contributed by atoms with E-state index in [1.807, 2.05) is 30.3 Å². The second-order valence-corrected chi connectivity index (χ2v) is 8.45. The lowest BCUT2D eigenvalue weighted by atomic mass is 10.1. The summed E-state index contributed by atoms with van der Waals surface area (Å²) < 4.78 is 34.3. The summed E-state index contributed by atoms with van der Waals surface area (Å²) >= 11 is 0. The molecule has 1 heterocycles. The molecule has 1 unspecified atom stereocenters. The molecule has 0 radical (unpaired) electrons. The van der Waals surface area contributed by atoms with Crippen molar-refractivity contribution in [2.45, 2.75) is 39.3 Å². The zero-order valence-electron chi connectivity index (χ0n) is 14.3. The average Bonchev–Trinajstić information content (AvgIpc) is 2.51. The third-order valence-corrected chi connectivity index (χ3v) is 6.09. The van der Waals surface area contributed by atoms with Crippen LogP contribution in [-0.2, 0) is 21.5 Å². The van der Waals surface area contributed by atoms with Crippen molar-refractivity contribution in [1.82, 2.24) is 8.61 Å². The van der Waals surface area contributed by atoms with Crippen molar-refractivity contribution in [3.63, 3.8) is 0 Å². The van der Waals surface area contributed by atoms with Crippen molar-refractivity contribution in [3.05, 3.63) is 35.9 Å². The molecule has 1 aromatic rings. The first kappa shape index (κ1) is 18.4. The molecule has 23 heavy (non-hydrogen) atoms. The van der Waals surface area contributed by atoms with Gasteiger partial charge in [-0.1, -0.05) is 44.2 Å². The predicted octanol–water partition coefficient (Wildman–Crippen LogP) is 2.50. The molecule has 0 bridgehead atoms. The molecule has 0 amide bonds. The zero-order chi connectivity index (χ0) is 16.9. The van der Waals surface area contributed by atoms with E-state index >= 15 is 0 Å². The third kappa shape index (κ3) is 5.01. The Hall–Kier alpha value is -0.950. The maximum Gasteiger partial charge on any atom is 0.282 e. The van der Waals surface area contributed by atoms with E-state index in [9.17, 15) is 8.42 Å². The van der Waals surface area contributed by atoms with Gasteiger partial charge in [-0.3, -0.25) is 0 Å². The Bertz CT molecular complexity index is 575. The van der Waals surface area contributed by atoms with Gasteiger partial charge >= 0.3 is 0 Å². The minimum atomic E-state index is -3.42. The lowest BCUT2D eigenvalue weighted by Gasteiger charge is -2.36. The molecule has 0 saturated carbocycles. The molecule has 0 aromatic heterocycles. The van der Waals surface area contributed by atoms with Gasteiger partial charge in [-0.2, -0.15) is 17.0 Å². The number of benzene rings is 1. The first-order valence-electron chi connectivity index (χ1n) is 8.25. The summed E-state index contributed by atoms with van der Waals surface area (Å²) in [7, 11) is -1.76. The molecule has 5 nitrogen and oxygen atoms in total. The topological polar surface area (TPSA) is 49.9 Å². The van der Waals surface area contributed by atoms with Crippen LogP contribution in [-0.4, -0.2) is 49.9 Å². The molecule has 1 atom stereocenters. The fourth-order valence-electron chi connectivity index (χ4n) is 2.95. The standard InChI is InChI=1S/C17H28N2O3S/c1-15(2)12-17(22-3)14-19-11-7-10-18(23(19,20)21)13-16-8-5-4-6-9-16/h4-6,8-9,15,17H,7,10-14H2,1-3H3. The smallest absolute Gasteiger partial charge is 0.282 e. The van der Waals surface area contributed by atoms with Crippen LogP contribution in [0.2, 0.25) is 0 Å². The SMILES string of the molecule is COC(CC(C)C)CN1CCCN(Cc2ccccc2)S1(=O)=O. The monoisotopic (exact) mass is 340 g/mol. The Morgan fingerprint density at radius 2 is 1.78 bits per heavy atom. The summed E-state index contributed by atoms with van der Waals surface area (Å²) in [6.45, 7) is 6.27. The van der Waals surface area contributed by atoms with Gasteiger partial charge in [0.05, 0.1) is 6.10 Å². The van der Waals surface area contributed by atoms with Gasteiger partial charge in [0, 0.05) is 33.3 Å². The first-order chi connectivity index (χ1) is 10.9. The molecule has 0 aliphatic carbocycles. The normalized spacial score (nSPS) is 20.7. The van der Waals surface area contributed by atoms with E-state index < -0.39 is 10.2 Å². The summed E-state index contributed by atoms with van der Waals surface area (Å²) in [6, 6.07) is 9.74. The van der Waals surface area contributed by atoms with Gasteiger partial charge in [-0.15, -0.1) is 0 Å². The molecule has 6 heteroatoms. The first-order valence-corrected chi connectivity index (χ1v) is 9.65. The maximum absolute atomic E-state index is 12.9. The molecule has 1 saturated heterocycles. The molecular weight excluding hydrogens is 312 g/mol. The quantitative estimate of drug-likeness (QED) is 0.766. The van der Waals surface area contributed by atoms with Crippen molar-refractivity contribution < 1.29 is 13.2 Å². The Balaban J connectivity index is 2.07. The highest BCUT2D eigenvalue weighted by Gasteiger charge is 2.34. The van der Waals surface area contributed by atoms with Crippen LogP contribution in [0.25, 0.3) is 0 Å². The van der Waals surface area contributed by atoms with Crippen LogP contribution >= 0.6 is 0 Å². The number of ether oxygens (including phenoxy) is 1.